The van der Waals surface area contributed by atoms with E-state index < -0.39 is 17.1 Å². The molecule has 30 heavy (non-hydrogen) atoms. The van der Waals surface area contributed by atoms with Crippen molar-refractivity contribution in [3.8, 4) is 0 Å². The summed E-state index contributed by atoms with van der Waals surface area (Å²) < 4.78 is 39.3. The zero-order chi connectivity index (χ0) is 21.3. The van der Waals surface area contributed by atoms with Crippen LogP contribution in [0.2, 0.25) is 5.02 Å². The van der Waals surface area contributed by atoms with E-state index in [1.807, 2.05) is 48.5 Å². The highest BCUT2D eigenvalue weighted by atomic mass is 35.5. The van der Waals surface area contributed by atoms with Gasteiger partial charge < -0.3 is 0 Å². The third kappa shape index (κ3) is 4.63. The number of rotatable bonds is 4. The Morgan fingerprint density at radius 1 is 0.967 bits per heavy atom. The van der Waals surface area contributed by atoms with E-state index in [0.29, 0.717) is 16.3 Å². The maximum atomic E-state index is 13.1. The lowest BCUT2D eigenvalue weighted by atomic mass is 10.1. The van der Waals surface area contributed by atoms with Crippen LogP contribution in [0.3, 0.4) is 0 Å². The lowest BCUT2D eigenvalue weighted by Crippen LogP contribution is -2.27. The number of carbonyl (C=O) groups excluding carboxylic acids is 1. The fourth-order valence-corrected chi connectivity index (χ4v) is 5.24. The molecule has 3 aromatic carbocycles. The Kier molecular flexibility index (Phi) is 6.04. The van der Waals surface area contributed by atoms with Crippen LogP contribution in [0.15, 0.2) is 82.6 Å². The Labute approximate surface area is 185 Å². The van der Waals surface area contributed by atoms with Crippen molar-refractivity contribution in [2.24, 2.45) is 0 Å². The zero-order valence-corrected chi connectivity index (χ0v) is 17.8. The van der Waals surface area contributed by atoms with Crippen molar-refractivity contribution < 1.29 is 18.0 Å². The molecule has 8 heteroatoms. The van der Waals surface area contributed by atoms with Gasteiger partial charge in [0.1, 0.15) is 5.37 Å². The summed E-state index contributed by atoms with van der Waals surface area (Å²) in [5.74, 6) is 0.0999. The van der Waals surface area contributed by atoms with E-state index in [2.05, 4.69) is 0 Å². The van der Waals surface area contributed by atoms with Gasteiger partial charge in [0.15, 0.2) is 0 Å². The van der Waals surface area contributed by atoms with Gasteiger partial charge in [-0.25, -0.2) is 0 Å². The highest BCUT2D eigenvalue weighted by molar-refractivity contribution is 8.00. The maximum absolute atomic E-state index is 13.1. The Bertz CT molecular complexity index is 1060. The second-order valence-electron chi connectivity index (χ2n) is 6.60. The van der Waals surface area contributed by atoms with Crippen molar-refractivity contribution in [3.05, 3.63) is 88.9 Å². The van der Waals surface area contributed by atoms with Gasteiger partial charge in [0, 0.05) is 20.5 Å². The first-order valence-electron chi connectivity index (χ1n) is 8.95. The van der Waals surface area contributed by atoms with Gasteiger partial charge in [-0.1, -0.05) is 35.5 Å². The summed E-state index contributed by atoms with van der Waals surface area (Å²) >= 11 is 8.79. The minimum absolute atomic E-state index is 0.125. The molecule has 0 spiro atoms. The minimum atomic E-state index is -4.42. The smallest absolute Gasteiger partial charge is 0.295 e. The molecule has 1 atom stereocenters. The molecule has 1 fully saturated rings. The molecule has 1 aliphatic heterocycles. The minimum Gasteiger partial charge on any atom is -0.295 e. The molecule has 0 saturated carbocycles. The number of anilines is 1. The second kappa shape index (κ2) is 8.57. The lowest BCUT2D eigenvalue weighted by molar-refractivity contribution is -0.137. The summed E-state index contributed by atoms with van der Waals surface area (Å²) in [4.78, 5) is 16.1. The lowest BCUT2D eigenvalue weighted by Gasteiger charge is -2.25. The molecule has 0 N–H and O–H groups in total. The number of thioether (sulfide) groups is 1. The molecule has 0 radical (unpaired) electrons. The molecule has 154 valence electrons. The summed E-state index contributed by atoms with van der Waals surface area (Å²) in [5, 5.41) is 0.176. The van der Waals surface area contributed by atoms with Gasteiger partial charge in [0.2, 0.25) is 5.91 Å². The number of carbonyl (C=O) groups is 1. The normalized spacial score (nSPS) is 16.9. The first-order chi connectivity index (χ1) is 14.3. The molecule has 4 rings (SSSR count). The Morgan fingerprint density at radius 3 is 2.23 bits per heavy atom. The molecule has 0 aromatic heterocycles. The molecule has 3 aromatic rings. The van der Waals surface area contributed by atoms with E-state index in [1.165, 1.54) is 17.8 Å². The molecule has 1 unspecified atom stereocenters. The van der Waals surface area contributed by atoms with Gasteiger partial charge in [-0.3, -0.25) is 9.69 Å². The first kappa shape index (κ1) is 21.2. The van der Waals surface area contributed by atoms with E-state index >= 15 is 0 Å². The summed E-state index contributed by atoms with van der Waals surface area (Å²) in [6, 6.07) is 20.1. The monoisotopic (exact) mass is 465 g/mol. The van der Waals surface area contributed by atoms with Gasteiger partial charge in [0.05, 0.1) is 11.3 Å². The van der Waals surface area contributed by atoms with Crippen LogP contribution in [0.5, 0.6) is 0 Å². The van der Waals surface area contributed by atoms with E-state index in [0.717, 1.165) is 21.9 Å². The van der Waals surface area contributed by atoms with E-state index in [-0.39, 0.29) is 11.7 Å². The van der Waals surface area contributed by atoms with Crippen LogP contribution in [-0.4, -0.2) is 11.7 Å². The fourth-order valence-electron chi connectivity index (χ4n) is 3.13. The Balaban J connectivity index is 1.57. The standard InChI is InChI=1S/C22H15ClF3NOS2/c23-16-4-8-18(9-5-16)30-19-10-6-17(7-11-19)27-20(28)13-29-21(27)14-2-1-3-15(12-14)22(24,25)26/h1-12,21H,13H2. The SMILES string of the molecule is O=C1CSC(c2cccc(C(F)(F)F)c2)N1c1ccc(Sc2ccc(Cl)cc2)cc1. The van der Waals surface area contributed by atoms with E-state index in [9.17, 15) is 18.0 Å². The molecule has 2 nitrogen and oxygen atoms in total. The molecule has 0 bridgehead atoms. The highest BCUT2D eigenvalue weighted by Crippen LogP contribution is 2.43. The molecular formula is C22H15ClF3NOS2. The molecule has 1 aliphatic rings. The summed E-state index contributed by atoms with van der Waals surface area (Å²) in [7, 11) is 0. The Hall–Kier alpha value is -2.09. The first-order valence-corrected chi connectivity index (χ1v) is 11.2. The summed E-state index contributed by atoms with van der Waals surface area (Å²) in [5.41, 5.74) is 0.405. The van der Waals surface area contributed by atoms with Crippen LogP contribution in [0.4, 0.5) is 18.9 Å². The van der Waals surface area contributed by atoms with Crippen molar-refractivity contribution >= 4 is 46.7 Å². The number of nitrogens with zero attached hydrogens (tertiary/aromatic N) is 1. The Morgan fingerprint density at radius 2 is 1.60 bits per heavy atom. The molecule has 1 amide bonds. The van der Waals surface area contributed by atoms with Crippen LogP contribution in [0, 0.1) is 0 Å². The summed E-state index contributed by atoms with van der Waals surface area (Å²) in [6.07, 6.45) is -4.42. The zero-order valence-electron chi connectivity index (χ0n) is 15.4. The van der Waals surface area contributed by atoms with E-state index in [1.54, 1.807) is 22.7 Å². The number of amides is 1. The van der Waals surface area contributed by atoms with Crippen LogP contribution in [0.1, 0.15) is 16.5 Å². The third-order valence-corrected chi connectivity index (χ3v) is 7.01. The van der Waals surface area contributed by atoms with Gasteiger partial charge in [-0.2, -0.15) is 13.2 Å². The van der Waals surface area contributed by atoms with Crippen LogP contribution in [-0.2, 0) is 11.0 Å². The highest BCUT2D eigenvalue weighted by Gasteiger charge is 2.36. The van der Waals surface area contributed by atoms with Crippen LogP contribution < -0.4 is 4.90 Å². The molecular weight excluding hydrogens is 451 g/mol. The van der Waals surface area contributed by atoms with Gasteiger partial charge in [-0.15, -0.1) is 11.8 Å². The average molecular weight is 466 g/mol. The van der Waals surface area contributed by atoms with Gasteiger partial charge in [-0.05, 0) is 66.2 Å². The fraction of sp³-hybridized carbons (Fsp3) is 0.136. The van der Waals surface area contributed by atoms with Crippen molar-refractivity contribution in [1.82, 2.24) is 0 Å². The van der Waals surface area contributed by atoms with Crippen molar-refractivity contribution in [2.75, 3.05) is 10.7 Å². The van der Waals surface area contributed by atoms with E-state index in [4.69, 9.17) is 11.6 Å². The molecule has 1 heterocycles. The average Bonchev–Trinajstić information content (AvgIpc) is 3.11. The molecule has 1 saturated heterocycles. The predicted molar refractivity (Wildman–Crippen MR) is 116 cm³/mol. The maximum Gasteiger partial charge on any atom is 0.416 e. The van der Waals surface area contributed by atoms with Gasteiger partial charge in [0.25, 0.3) is 0 Å². The van der Waals surface area contributed by atoms with Gasteiger partial charge >= 0.3 is 6.18 Å². The number of hydrogen-bond acceptors (Lipinski definition) is 3. The predicted octanol–water partition coefficient (Wildman–Crippen LogP) is 7.29. The van der Waals surface area contributed by atoms with Crippen molar-refractivity contribution in [1.29, 1.82) is 0 Å². The number of halogens is 4. The quantitative estimate of drug-likeness (QED) is 0.403. The number of benzene rings is 3. The topological polar surface area (TPSA) is 20.3 Å². The number of alkyl halides is 3. The van der Waals surface area contributed by atoms with Crippen molar-refractivity contribution in [2.45, 2.75) is 21.3 Å². The third-order valence-electron chi connectivity index (χ3n) is 4.53. The van der Waals surface area contributed by atoms with Crippen molar-refractivity contribution in [3.63, 3.8) is 0 Å². The summed E-state index contributed by atoms with van der Waals surface area (Å²) in [6.45, 7) is 0. The molecule has 0 aliphatic carbocycles. The van der Waals surface area contributed by atoms with Crippen LogP contribution in [0.25, 0.3) is 0 Å². The largest absolute Gasteiger partial charge is 0.416 e. The second-order valence-corrected chi connectivity index (χ2v) is 9.25. The van der Waals surface area contributed by atoms with Crippen LogP contribution >= 0.6 is 35.1 Å². The number of hydrogen-bond donors (Lipinski definition) is 0.